The van der Waals surface area contributed by atoms with E-state index in [9.17, 15) is 4.79 Å². The Morgan fingerprint density at radius 3 is 1.70 bits per heavy atom. The first-order valence-electron chi connectivity index (χ1n) is 3.37. The van der Waals surface area contributed by atoms with Crippen LogP contribution in [0.25, 0.3) is 0 Å². The number of aliphatic hydroxyl groups is 1. The van der Waals surface area contributed by atoms with Crippen LogP contribution >= 0.6 is 0 Å². The monoisotopic (exact) mass is 146 g/mol. The minimum Gasteiger partial charge on any atom is -0.481 e. The van der Waals surface area contributed by atoms with Crippen molar-refractivity contribution in [3.05, 3.63) is 0 Å². The fourth-order valence-electron chi connectivity index (χ4n) is 1.05. The second-order valence-electron chi connectivity index (χ2n) is 2.85. The third-order valence-corrected chi connectivity index (χ3v) is 1.52. The highest BCUT2D eigenvalue weighted by Gasteiger charge is 2.25. The number of carbonyl (C=O) groups is 1. The van der Waals surface area contributed by atoms with Crippen molar-refractivity contribution in [3.8, 4) is 0 Å². The van der Waals surface area contributed by atoms with Crippen LogP contribution < -0.4 is 0 Å². The van der Waals surface area contributed by atoms with Crippen LogP contribution in [0.15, 0.2) is 0 Å². The standard InChI is InChI=1S/C7H14O3/c1-4(2)6(5(3)8)7(9)10/h4-6,8H,1-3H3,(H,9,10). The van der Waals surface area contributed by atoms with E-state index in [1.54, 1.807) is 13.8 Å². The highest BCUT2D eigenvalue weighted by molar-refractivity contribution is 5.70. The molecule has 3 heteroatoms. The lowest BCUT2D eigenvalue weighted by Crippen LogP contribution is -2.30. The lowest BCUT2D eigenvalue weighted by atomic mass is 9.91. The molecule has 0 aromatic heterocycles. The zero-order chi connectivity index (χ0) is 8.31. The molecule has 60 valence electrons. The molecular weight excluding hydrogens is 132 g/mol. The minimum atomic E-state index is -0.926. The maximum atomic E-state index is 10.4. The number of hydrogen-bond donors (Lipinski definition) is 2. The minimum absolute atomic E-state index is 0.0162. The summed E-state index contributed by atoms with van der Waals surface area (Å²) in [5, 5.41) is 17.5. The van der Waals surface area contributed by atoms with E-state index in [0.29, 0.717) is 0 Å². The third-order valence-electron chi connectivity index (χ3n) is 1.52. The average Bonchev–Trinajstić information content (AvgIpc) is 1.59. The second-order valence-corrected chi connectivity index (χ2v) is 2.85. The van der Waals surface area contributed by atoms with Gasteiger partial charge in [0.25, 0.3) is 0 Å². The molecule has 10 heavy (non-hydrogen) atoms. The quantitative estimate of drug-likeness (QED) is 0.617. The van der Waals surface area contributed by atoms with Crippen LogP contribution in [0.5, 0.6) is 0 Å². The Balaban J connectivity index is 4.12. The summed E-state index contributed by atoms with van der Waals surface area (Å²) in [6, 6.07) is 0. The smallest absolute Gasteiger partial charge is 0.309 e. The first-order chi connectivity index (χ1) is 4.46. The third kappa shape index (κ3) is 2.35. The molecule has 2 N–H and O–H groups in total. The van der Waals surface area contributed by atoms with E-state index in [0.717, 1.165) is 0 Å². The molecule has 0 aliphatic rings. The Labute approximate surface area is 60.7 Å². The summed E-state index contributed by atoms with van der Waals surface area (Å²) in [6.45, 7) is 5.07. The molecule has 0 fully saturated rings. The predicted molar refractivity (Wildman–Crippen MR) is 37.6 cm³/mol. The number of aliphatic carboxylic acids is 1. The largest absolute Gasteiger partial charge is 0.481 e. The zero-order valence-electron chi connectivity index (χ0n) is 6.53. The lowest BCUT2D eigenvalue weighted by molar-refractivity contribution is -0.147. The molecule has 0 aromatic rings. The summed E-state index contributed by atoms with van der Waals surface area (Å²) in [6.07, 6.45) is -0.766. The Bertz CT molecular complexity index is 110. The Morgan fingerprint density at radius 1 is 1.30 bits per heavy atom. The van der Waals surface area contributed by atoms with Crippen LogP contribution in [-0.4, -0.2) is 22.3 Å². The number of carboxylic acids is 1. The second kappa shape index (κ2) is 3.56. The number of carboxylic acid groups (broad SMARTS) is 1. The molecule has 0 amide bonds. The maximum absolute atomic E-state index is 10.4. The summed E-state index contributed by atoms with van der Waals surface area (Å²) in [7, 11) is 0. The molecule has 0 saturated carbocycles. The molecule has 0 rings (SSSR count). The molecule has 2 atom stereocenters. The van der Waals surface area contributed by atoms with Gasteiger partial charge >= 0.3 is 5.97 Å². The fourth-order valence-corrected chi connectivity index (χ4v) is 1.05. The molecule has 3 nitrogen and oxygen atoms in total. The van der Waals surface area contributed by atoms with Gasteiger partial charge in [-0.1, -0.05) is 13.8 Å². The van der Waals surface area contributed by atoms with Crippen molar-refractivity contribution >= 4 is 5.97 Å². The summed E-state index contributed by atoms with van der Waals surface area (Å²) >= 11 is 0. The molecule has 0 aliphatic carbocycles. The van der Waals surface area contributed by atoms with E-state index in [2.05, 4.69) is 0 Å². The van der Waals surface area contributed by atoms with E-state index < -0.39 is 18.0 Å². The number of rotatable bonds is 3. The fraction of sp³-hybridized carbons (Fsp3) is 0.857. The van der Waals surface area contributed by atoms with Crippen LogP contribution in [0.4, 0.5) is 0 Å². The number of hydrogen-bond acceptors (Lipinski definition) is 2. The predicted octanol–water partition coefficient (Wildman–Crippen LogP) is 0.724. The van der Waals surface area contributed by atoms with Gasteiger partial charge < -0.3 is 10.2 Å². The maximum Gasteiger partial charge on any atom is 0.309 e. The van der Waals surface area contributed by atoms with E-state index in [1.807, 2.05) is 0 Å². The molecule has 0 aliphatic heterocycles. The van der Waals surface area contributed by atoms with Crippen LogP contribution in [0, 0.1) is 11.8 Å². The molecule has 0 saturated heterocycles. The van der Waals surface area contributed by atoms with Crippen molar-refractivity contribution in [3.63, 3.8) is 0 Å². The summed E-state index contributed by atoms with van der Waals surface area (Å²) in [4.78, 5) is 10.4. The van der Waals surface area contributed by atoms with Gasteiger partial charge in [0.1, 0.15) is 0 Å². The normalized spacial score (nSPS) is 16.9. The number of aliphatic hydroxyl groups excluding tert-OH is 1. The highest BCUT2D eigenvalue weighted by Crippen LogP contribution is 2.14. The molecule has 0 bridgehead atoms. The van der Waals surface area contributed by atoms with Gasteiger partial charge in [0.15, 0.2) is 0 Å². The van der Waals surface area contributed by atoms with Gasteiger partial charge in [-0.3, -0.25) is 4.79 Å². The van der Waals surface area contributed by atoms with E-state index in [-0.39, 0.29) is 5.92 Å². The van der Waals surface area contributed by atoms with Gasteiger partial charge in [-0.2, -0.15) is 0 Å². The van der Waals surface area contributed by atoms with Gasteiger partial charge in [0.2, 0.25) is 0 Å². The topological polar surface area (TPSA) is 57.5 Å². The van der Waals surface area contributed by atoms with Crippen molar-refractivity contribution in [2.75, 3.05) is 0 Å². The molecular formula is C7H14O3. The van der Waals surface area contributed by atoms with Crippen LogP contribution in [-0.2, 0) is 4.79 Å². The van der Waals surface area contributed by atoms with Crippen molar-refractivity contribution in [2.45, 2.75) is 26.9 Å². The van der Waals surface area contributed by atoms with Crippen LogP contribution in [0.2, 0.25) is 0 Å². The van der Waals surface area contributed by atoms with Crippen molar-refractivity contribution in [2.24, 2.45) is 11.8 Å². The summed E-state index contributed by atoms with van der Waals surface area (Å²) in [5.41, 5.74) is 0. The molecule has 2 unspecified atom stereocenters. The molecule has 0 radical (unpaired) electrons. The average molecular weight is 146 g/mol. The van der Waals surface area contributed by atoms with Gasteiger partial charge in [-0.05, 0) is 12.8 Å². The first kappa shape index (κ1) is 9.43. The van der Waals surface area contributed by atoms with Crippen molar-refractivity contribution in [1.29, 1.82) is 0 Å². The molecule has 0 aromatic carbocycles. The van der Waals surface area contributed by atoms with Gasteiger partial charge in [0, 0.05) is 0 Å². The van der Waals surface area contributed by atoms with Crippen LogP contribution in [0.3, 0.4) is 0 Å². The molecule has 0 heterocycles. The van der Waals surface area contributed by atoms with Gasteiger partial charge in [-0.15, -0.1) is 0 Å². The van der Waals surface area contributed by atoms with E-state index in [1.165, 1.54) is 6.92 Å². The van der Waals surface area contributed by atoms with E-state index >= 15 is 0 Å². The zero-order valence-corrected chi connectivity index (χ0v) is 6.53. The van der Waals surface area contributed by atoms with Gasteiger partial charge in [0.05, 0.1) is 12.0 Å². The SMILES string of the molecule is CC(C)C(C(=O)O)C(C)O. The van der Waals surface area contributed by atoms with Crippen LogP contribution in [0.1, 0.15) is 20.8 Å². The first-order valence-corrected chi connectivity index (χ1v) is 3.37. The Morgan fingerprint density at radius 2 is 1.70 bits per heavy atom. The van der Waals surface area contributed by atoms with Gasteiger partial charge in [-0.25, -0.2) is 0 Å². The lowest BCUT2D eigenvalue weighted by Gasteiger charge is -2.18. The Hall–Kier alpha value is -0.570. The summed E-state index contributed by atoms with van der Waals surface area (Å²) < 4.78 is 0. The van der Waals surface area contributed by atoms with E-state index in [4.69, 9.17) is 10.2 Å². The van der Waals surface area contributed by atoms with Crippen molar-refractivity contribution in [1.82, 2.24) is 0 Å². The highest BCUT2D eigenvalue weighted by atomic mass is 16.4. The Kier molecular flexibility index (Phi) is 3.36. The van der Waals surface area contributed by atoms with Crippen molar-refractivity contribution < 1.29 is 15.0 Å². The summed E-state index contributed by atoms with van der Waals surface area (Å²) in [5.74, 6) is -1.58. The molecule has 0 spiro atoms.